The lowest BCUT2D eigenvalue weighted by atomic mass is 9.95. The highest BCUT2D eigenvalue weighted by Gasteiger charge is 2.32. The molecule has 0 radical (unpaired) electrons. The van der Waals surface area contributed by atoms with Crippen LogP contribution in [0.3, 0.4) is 0 Å². The molecule has 3 heterocycles. The summed E-state index contributed by atoms with van der Waals surface area (Å²) in [6.07, 6.45) is 5.66. The molecule has 0 aliphatic carbocycles. The fraction of sp³-hybridized carbons (Fsp3) is 0.895. The average molecular weight is 351 g/mol. The normalized spacial score (nSPS) is 26.8. The number of hydrogen-bond acceptors (Lipinski definition) is 4. The van der Waals surface area contributed by atoms with Gasteiger partial charge in [0.15, 0.2) is 0 Å². The Morgan fingerprint density at radius 1 is 1.04 bits per heavy atom. The monoisotopic (exact) mass is 351 g/mol. The molecule has 1 N–H and O–H groups in total. The van der Waals surface area contributed by atoms with Crippen LogP contribution in [0.2, 0.25) is 0 Å². The molecule has 6 nitrogen and oxygen atoms in total. The number of rotatable bonds is 5. The Balaban J connectivity index is 1.32. The summed E-state index contributed by atoms with van der Waals surface area (Å²) in [5.41, 5.74) is 0. The summed E-state index contributed by atoms with van der Waals surface area (Å²) in [7, 11) is 0. The second-order valence-electron chi connectivity index (χ2n) is 7.92. The second-order valence-corrected chi connectivity index (χ2v) is 7.92. The number of amides is 2. The van der Waals surface area contributed by atoms with Gasteiger partial charge in [0.05, 0.1) is 0 Å². The van der Waals surface area contributed by atoms with Crippen molar-refractivity contribution in [2.24, 2.45) is 11.8 Å². The molecule has 6 heteroatoms. The van der Waals surface area contributed by atoms with Gasteiger partial charge in [-0.25, -0.2) is 0 Å². The Morgan fingerprint density at radius 3 is 2.40 bits per heavy atom. The van der Waals surface area contributed by atoms with Gasteiger partial charge in [0.25, 0.3) is 5.91 Å². The zero-order valence-corrected chi connectivity index (χ0v) is 15.5. The summed E-state index contributed by atoms with van der Waals surface area (Å²) in [5, 5.41) is 3.10. The maximum Gasteiger partial charge on any atom is 0.251 e. The molecule has 0 aromatic heterocycles. The fourth-order valence-corrected chi connectivity index (χ4v) is 4.11. The minimum Gasteiger partial charge on any atom is -0.368 e. The number of hydrogen-bond donors (Lipinski definition) is 1. The highest BCUT2D eigenvalue weighted by atomic mass is 16.5. The lowest BCUT2D eigenvalue weighted by Crippen LogP contribution is -2.47. The second kappa shape index (κ2) is 8.99. The summed E-state index contributed by atoms with van der Waals surface area (Å²) in [5.74, 6) is 1.17. The molecule has 0 spiro atoms. The molecule has 3 saturated heterocycles. The zero-order chi connectivity index (χ0) is 17.6. The van der Waals surface area contributed by atoms with Gasteiger partial charge in [-0.2, -0.15) is 0 Å². The maximum atomic E-state index is 12.4. The van der Waals surface area contributed by atoms with E-state index < -0.39 is 0 Å². The predicted octanol–water partition coefficient (Wildman–Crippen LogP) is 1.25. The third-order valence-corrected chi connectivity index (χ3v) is 5.99. The first-order valence-electron chi connectivity index (χ1n) is 10.0. The van der Waals surface area contributed by atoms with Gasteiger partial charge in [0, 0.05) is 38.7 Å². The van der Waals surface area contributed by atoms with Crippen LogP contribution in [0.15, 0.2) is 0 Å². The quantitative estimate of drug-likeness (QED) is 0.810. The molecule has 3 fully saturated rings. The van der Waals surface area contributed by atoms with E-state index in [4.69, 9.17) is 4.74 Å². The van der Waals surface area contributed by atoms with Crippen molar-refractivity contribution in [1.29, 1.82) is 0 Å². The Hall–Kier alpha value is -1.14. The highest BCUT2D eigenvalue weighted by molar-refractivity contribution is 5.82. The first kappa shape index (κ1) is 18.6. The largest absolute Gasteiger partial charge is 0.368 e. The van der Waals surface area contributed by atoms with E-state index in [0.29, 0.717) is 19.7 Å². The first-order valence-corrected chi connectivity index (χ1v) is 10.0. The molecule has 142 valence electrons. The van der Waals surface area contributed by atoms with E-state index in [0.717, 1.165) is 57.8 Å². The van der Waals surface area contributed by atoms with Crippen molar-refractivity contribution in [2.45, 2.75) is 51.6 Å². The minimum absolute atomic E-state index is 0.0509. The molecule has 3 rings (SSSR count). The fourth-order valence-electron chi connectivity index (χ4n) is 4.11. The smallest absolute Gasteiger partial charge is 0.251 e. The van der Waals surface area contributed by atoms with Crippen LogP contribution in [-0.2, 0) is 14.3 Å². The van der Waals surface area contributed by atoms with Gasteiger partial charge in [-0.1, -0.05) is 6.92 Å². The van der Waals surface area contributed by atoms with Gasteiger partial charge in [0.2, 0.25) is 5.91 Å². The van der Waals surface area contributed by atoms with Gasteiger partial charge in [-0.15, -0.1) is 0 Å². The number of carbonyl (C=O) groups excluding carboxylic acids is 2. The van der Waals surface area contributed by atoms with Crippen molar-refractivity contribution in [3.63, 3.8) is 0 Å². The average Bonchev–Trinajstić information content (AvgIpc) is 3.17. The predicted molar refractivity (Wildman–Crippen MR) is 96.1 cm³/mol. The Bertz CT molecular complexity index is 449. The van der Waals surface area contributed by atoms with Gasteiger partial charge >= 0.3 is 0 Å². The molecular formula is C19H33N3O3. The van der Waals surface area contributed by atoms with E-state index >= 15 is 0 Å². The van der Waals surface area contributed by atoms with Gasteiger partial charge in [0.1, 0.15) is 6.10 Å². The third-order valence-electron chi connectivity index (χ3n) is 5.99. The summed E-state index contributed by atoms with van der Waals surface area (Å²) in [4.78, 5) is 29.0. The molecule has 3 aliphatic rings. The Labute approximate surface area is 151 Å². The Kier molecular flexibility index (Phi) is 6.70. The number of nitrogens with zero attached hydrogens (tertiary/aromatic N) is 2. The van der Waals surface area contributed by atoms with Gasteiger partial charge in [-0.3, -0.25) is 9.59 Å². The van der Waals surface area contributed by atoms with Crippen molar-refractivity contribution < 1.29 is 14.3 Å². The summed E-state index contributed by atoms with van der Waals surface area (Å²) >= 11 is 0. The maximum absolute atomic E-state index is 12.4. The lowest BCUT2D eigenvalue weighted by molar-refractivity contribution is -0.143. The molecule has 0 aromatic carbocycles. The van der Waals surface area contributed by atoms with E-state index in [-0.39, 0.29) is 23.8 Å². The molecule has 25 heavy (non-hydrogen) atoms. The lowest BCUT2D eigenvalue weighted by Gasteiger charge is -2.33. The van der Waals surface area contributed by atoms with Crippen molar-refractivity contribution in [1.82, 2.24) is 15.1 Å². The van der Waals surface area contributed by atoms with Crippen molar-refractivity contribution in [3.05, 3.63) is 0 Å². The molecule has 0 saturated carbocycles. The SMILES string of the molecule is CC1CCN(CCNC(=O)C2CCN(C(=O)[C@H]3CCCO3)CC2)CC1. The third kappa shape index (κ3) is 5.17. The summed E-state index contributed by atoms with van der Waals surface area (Å²) in [6.45, 7) is 8.38. The molecule has 2 amide bonds. The van der Waals surface area contributed by atoms with E-state index in [2.05, 4.69) is 17.1 Å². The number of ether oxygens (including phenoxy) is 1. The number of nitrogens with one attached hydrogen (secondary N) is 1. The van der Waals surface area contributed by atoms with Crippen LogP contribution in [0.5, 0.6) is 0 Å². The van der Waals surface area contributed by atoms with Crippen LogP contribution >= 0.6 is 0 Å². The molecule has 0 aromatic rings. The number of carbonyl (C=O) groups is 2. The number of likely N-dealkylation sites (tertiary alicyclic amines) is 2. The van der Waals surface area contributed by atoms with Crippen LogP contribution in [0.1, 0.15) is 45.4 Å². The van der Waals surface area contributed by atoms with E-state index in [9.17, 15) is 9.59 Å². The van der Waals surface area contributed by atoms with Crippen LogP contribution in [-0.4, -0.2) is 73.6 Å². The van der Waals surface area contributed by atoms with Crippen molar-refractivity contribution >= 4 is 11.8 Å². The van der Waals surface area contributed by atoms with Crippen molar-refractivity contribution in [2.75, 3.05) is 45.9 Å². The van der Waals surface area contributed by atoms with E-state index in [1.54, 1.807) is 0 Å². The van der Waals surface area contributed by atoms with E-state index in [1.807, 2.05) is 4.90 Å². The molecule has 3 aliphatic heterocycles. The van der Waals surface area contributed by atoms with Crippen LogP contribution in [0.4, 0.5) is 0 Å². The Morgan fingerprint density at radius 2 is 1.76 bits per heavy atom. The van der Waals surface area contributed by atoms with Gasteiger partial charge in [-0.05, 0) is 57.5 Å². The molecule has 1 atom stereocenters. The zero-order valence-electron chi connectivity index (χ0n) is 15.5. The number of piperidine rings is 2. The van der Waals surface area contributed by atoms with E-state index in [1.165, 1.54) is 12.8 Å². The van der Waals surface area contributed by atoms with Crippen LogP contribution in [0.25, 0.3) is 0 Å². The molecule has 0 unspecified atom stereocenters. The minimum atomic E-state index is -0.238. The molecule has 0 bridgehead atoms. The topological polar surface area (TPSA) is 61.9 Å². The standard InChI is InChI=1S/C19H33N3O3/c1-15-4-9-21(10-5-15)13-8-20-18(23)16-6-11-22(12-7-16)19(24)17-3-2-14-25-17/h15-17H,2-14H2,1H3,(H,20,23)/t17-/m1/s1. The summed E-state index contributed by atoms with van der Waals surface area (Å²) < 4.78 is 5.48. The molecular weight excluding hydrogens is 318 g/mol. The van der Waals surface area contributed by atoms with Crippen LogP contribution in [0, 0.1) is 11.8 Å². The summed E-state index contributed by atoms with van der Waals surface area (Å²) in [6, 6.07) is 0. The van der Waals surface area contributed by atoms with Crippen LogP contribution < -0.4 is 5.32 Å². The van der Waals surface area contributed by atoms with Crippen molar-refractivity contribution in [3.8, 4) is 0 Å². The highest BCUT2D eigenvalue weighted by Crippen LogP contribution is 2.21. The van der Waals surface area contributed by atoms with Gasteiger partial charge < -0.3 is 19.9 Å². The first-order chi connectivity index (χ1) is 12.1.